The average Bonchev–Trinajstić information content (AvgIpc) is 2.40. The summed E-state index contributed by atoms with van der Waals surface area (Å²) in [6.45, 7) is 2.63. The maximum Gasteiger partial charge on any atom is 0.125 e. The third-order valence-electron chi connectivity index (χ3n) is 2.92. The highest BCUT2D eigenvalue weighted by atomic mass is 19.1. The van der Waals surface area contributed by atoms with E-state index in [9.17, 15) is 4.39 Å². The van der Waals surface area contributed by atoms with Gasteiger partial charge in [0.05, 0.1) is 5.69 Å². The molecule has 0 aliphatic heterocycles. The Balaban J connectivity index is 2.51. The molecule has 0 heterocycles. The first kappa shape index (κ1) is 13.1. The molecule has 2 aromatic carbocycles. The first-order valence-corrected chi connectivity index (χ1v) is 6.10. The van der Waals surface area contributed by atoms with Crippen molar-refractivity contribution in [2.45, 2.75) is 6.92 Å². The topological polar surface area (TPSA) is 53.1 Å². The second-order valence-electron chi connectivity index (χ2n) is 4.15. The molecule has 0 saturated heterocycles. The van der Waals surface area contributed by atoms with Gasteiger partial charge in [0.2, 0.25) is 0 Å². The summed E-state index contributed by atoms with van der Waals surface area (Å²) < 4.78 is 13.3. The standard InChI is InChI=1S/C15H16FN3/c1-2-19(12-7-5-6-11(16)10-12)14-9-4-3-8-13(14)15(17)18/h3-10H,2H2,1H3,(H3,17,18). The van der Waals surface area contributed by atoms with Gasteiger partial charge in [-0.3, -0.25) is 5.41 Å². The van der Waals surface area contributed by atoms with Gasteiger partial charge in [0, 0.05) is 17.8 Å². The maximum absolute atomic E-state index is 13.3. The van der Waals surface area contributed by atoms with Crippen molar-refractivity contribution in [1.82, 2.24) is 0 Å². The molecule has 0 fully saturated rings. The van der Waals surface area contributed by atoms with Gasteiger partial charge in [0.25, 0.3) is 0 Å². The highest BCUT2D eigenvalue weighted by Gasteiger charge is 2.13. The van der Waals surface area contributed by atoms with Crippen LogP contribution in [0.1, 0.15) is 12.5 Å². The number of anilines is 2. The zero-order chi connectivity index (χ0) is 13.8. The number of hydrogen-bond acceptors (Lipinski definition) is 2. The fourth-order valence-electron chi connectivity index (χ4n) is 2.07. The van der Waals surface area contributed by atoms with Gasteiger partial charge in [0.15, 0.2) is 0 Å². The van der Waals surface area contributed by atoms with Crippen molar-refractivity contribution in [2.75, 3.05) is 11.4 Å². The number of amidine groups is 1. The maximum atomic E-state index is 13.3. The van der Waals surface area contributed by atoms with E-state index in [1.807, 2.05) is 36.1 Å². The number of benzene rings is 2. The minimum absolute atomic E-state index is 0.00505. The Bertz CT molecular complexity index is 595. The van der Waals surface area contributed by atoms with Crippen LogP contribution in [0.3, 0.4) is 0 Å². The van der Waals surface area contributed by atoms with E-state index in [1.165, 1.54) is 12.1 Å². The molecule has 3 N–H and O–H groups in total. The molecule has 0 aromatic heterocycles. The fourth-order valence-corrected chi connectivity index (χ4v) is 2.07. The Morgan fingerprint density at radius 1 is 1.21 bits per heavy atom. The van der Waals surface area contributed by atoms with Crippen molar-refractivity contribution < 1.29 is 4.39 Å². The van der Waals surface area contributed by atoms with E-state index in [0.717, 1.165) is 11.4 Å². The van der Waals surface area contributed by atoms with Gasteiger partial charge < -0.3 is 10.6 Å². The van der Waals surface area contributed by atoms with Crippen LogP contribution in [0, 0.1) is 11.2 Å². The molecule has 0 radical (unpaired) electrons. The molecule has 0 atom stereocenters. The fraction of sp³-hybridized carbons (Fsp3) is 0.133. The lowest BCUT2D eigenvalue weighted by Gasteiger charge is -2.25. The monoisotopic (exact) mass is 257 g/mol. The van der Waals surface area contributed by atoms with Crippen LogP contribution < -0.4 is 10.6 Å². The van der Waals surface area contributed by atoms with Crippen molar-refractivity contribution >= 4 is 17.2 Å². The van der Waals surface area contributed by atoms with Gasteiger partial charge in [-0.15, -0.1) is 0 Å². The Morgan fingerprint density at radius 2 is 1.95 bits per heavy atom. The summed E-state index contributed by atoms with van der Waals surface area (Å²) in [5.41, 5.74) is 7.80. The molecular formula is C15H16FN3. The SMILES string of the molecule is CCN(c1cccc(F)c1)c1ccccc1C(=N)N. The van der Waals surface area contributed by atoms with Crippen molar-refractivity contribution in [3.63, 3.8) is 0 Å². The summed E-state index contributed by atoms with van der Waals surface area (Å²) in [6.07, 6.45) is 0. The van der Waals surface area contributed by atoms with E-state index in [2.05, 4.69) is 0 Å². The number of nitrogens with zero attached hydrogens (tertiary/aromatic N) is 1. The Kier molecular flexibility index (Phi) is 3.80. The highest BCUT2D eigenvalue weighted by Crippen LogP contribution is 2.28. The molecule has 2 rings (SSSR count). The smallest absolute Gasteiger partial charge is 0.125 e. The summed E-state index contributed by atoms with van der Waals surface area (Å²) in [6, 6.07) is 13.8. The second kappa shape index (κ2) is 5.52. The highest BCUT2D eigenvalue weighted by molar-refractivity contribution is 6.01. The molecule has 2 aromatic rings. The summed E-state index contributed by atoms with van der Waals surface area (Å²) in [4.78, 5) is 1.93. The quantitative estimate of drug-likeness (QED) is 0.652. The van der Waals surface area contributed by atoms with E-state index >= 15 is 0 Å². The molecule has 98 valence electrons. The number of halogens is 1. The summed E-state index contributed by atoms with van der Waals surface area (Å²) in [5.74, 6) is -0.276. The molecule has 0 aliphatic carbocycles. The predicted molar refractivity (Wildman–Crippen MR) is 76.5 cm³/mol. The van der Waals surface area contributed by atoms with Gasteiger partial charge >= 0.3 is 0 Å². The number of nitrogens with one attached hydrogen (secondary N) is 1. The molecule has 19 heavy (non-hydrogen) atoms. The largest absolute Gasteiger partial charge is 0.384 e. The van der Waals surface area contributed by atoms with E-state index in [4.69, 9.17) is 11.1 Å². The lowest BCUT2D eigenvalue weighted by atomic mass is 10.1. The summed E-state index contributed by atoms with van der Waals surface area (Å²) in [7, 11) is 0. The van der Waals surface area contributed by atoms with E-state index in [1.54, 1.807) is 12.1 Å². The number of hydrogen-bond donors (Lipinski definition) is 2. The van der Waals surface area contributed by atoms with E-state index < -0.39 is 0 Å². The average molecular weight is 257 g/mol. The molecule has 0 unspecified atom stereocenters. The van der Waals surface area contributed by atoms with Crippen LogP contribution in [0.25, 0.3) is 0 Å². The zero-order valence-corrected chi connectivity index (χ0v) is 10.7. The molecule has 0 bridgehead atoms. The van der Waals surface area contributed by atoms with Crippen LogP contribution >= 0.6 is 0 Å². The molecule has 0 aliphatic rings. The van der Waals surface area contributed by atoms with Crippen LogP contribution in [0.4, 0.5) is 15.8 Å². The van der Waals surface area contributed by atoms with Gasteiger partial charge in [-0.05, 0) is 37.3 Å². The van der Waals surface area contributed by atoms with Gasteiger partial charge in [-0.1, -0.05) is 18.2 Å². The minimum Gasteiger partial charge on any atom is -0.384 e. The third-order valence-corrected chi connectivity index (χ3v) is 2.92. The molecule has 0 amide bonds. The molecule has 3 nitrogen and oxygen atoms in total. The van der Waals surface area contributed by atoms with Crippen LogP contribution in [0.15, 0.2) is 48.5 Å². The normalized spacial score (nSPS) is 10.2. The van der Waals surface area contributed by atoms with E-state index in [0.29, 0.717) is 12.1 Å². The molecular weight excluding hydrogens is 241 g/mol. The molecule has 0 saturated carbocycles. The Hall–Kier alpha value is -2.36. The summed E-state index contributed by atoms with van der Waals surface area (Å²) >= 11 is 0. The molecule has 4 heteroatoms. The predicted octanol–water partition coefficient (Wildman–Crippen LogP) is 3.27. The zero-order valence-electron chi connectivity index (χ0n) is 10.7. The van der Waals surface area contributed by atoms with Crippen molar-refractivity contribution in [1.29, 1.82) is 5.41 Å². The lowest BCUT2D eigenvalue weighted by molar-refractivity contribution is 0.627. The summed E-state index contributed by atoms with van der Waals surface area (Å²) in [5, 5.41) is 7.63. The van der Waals surface area contributed by atoms with Crippen LogP contribution in [-0.2, 0) is 0 Å². The van der Waals surface area contributed by atoms with E-state index in [-0.39, 0.29) is 11.7 Å². The van der Waals surface area contributed by atoms with Gasteiger partial charge in [-0.25, -0.2) is 4.39 Å². The second-order valence-corrected chi connectivity index (χ2v) is 4.15. The molecule has 0 spiro atoms. The minimum atomic E-state index is -0.281. The lowest BCUT2D eigenvalue weighted by Crippen LogP contribution is -2.21. The van der Waals surface area contributed by atoms with Gasteiger partial charge in [-0.2, -0.15) is 0 Å². The van der Waals surface area contributed by atoms with Crippen LogP contribution in [0.2, 0.25) is 0 Å². The number of para-hydroxylation sites is 1. The Morgan fingerprint density at radius 3 is 2.58 bits per heavy atom. The van der Waals surface area contributed by atoms with Crippen molar-refractivity contribution in [3.05, 3.63) is 59.9 Å². The third kappa shape index (κ3) is 2.73. The van der Waals surface area contributed by atoms with Crippen LogP contribution in [0.5, 0.6) is 0 Å². The van der Waals surface area contributed by atoms with Crippen molar-refractivity contribution in [2.24, 2.45) is 5.73 Å². The number of nitrogens with two attached hydrogens (primary N) is 1. The van der Waals surface area contributed by atoms with Crippen molar-refractivity contribution in [3.8, 4) is 0 Å². The Labute approximate surface area is 112 Å². The van der Waals surface area contributed by atoms with Gasteiger partial charge in [0.1, 0.15) is 11.7 Å². The first-order valence-electron chi connectivity index (χ1n) is 6.10. The van der Waals surface area contributed by atoms with Crippen LogP contribution in [-0.4, -0.2) is 12.4 Å². The number of rotatable bonds is 4. The number of nitrogen functional groups attached to an aromatic ring is 1. The first-order chi connectivity index (χ1) is 9.13.